The van der Waals surface area contributed by atoms with Gasteiger partial charge in [0.2, 0.25) is 0 Å². The predicted octanol–water partition coefficient (Wildman–Crippen LogP) is 3.83. The number of aliphatic imine (C=N–C) groups is 1. The molecule has 0 amide bonds. The Morgan fingerprint density at radius 3 is 2.50 bits per heavy atom. The number of allylic oxidation sites excluding steroid dienone is 2. The van der Waals surface area contributed by atoms with Gasteiger partial charge in [0.1, 0.15) is 5.92 Å². The van der Waals surface area contributed by atoms with Crippen molar-refractivity contribution in [1.82, 2.24) is 4.98 Å². The molecule has 2 aromatic rings. The van der Waals surface area contributed by atoms with Gasteiger partial charge in [-0.3, -0.25) is 19.6 Å². The van der Waals surface area contributed by atoms with Gasteiger partial charge in [0, 0.05) is 35.3 Å². The Morgan fingerprint density at radius 2 is 1.82 bits per heavy atom. The SMILES string of the molecule is COC(=O)C1C(C)=NC2=C(C(=O)C[C@H](c3ccccc3)C2)[C@H]1c1ccccn1. The van der Waals surface area contributed by atoms with Crippen LogP contribution in [-0.2, 0) is 14.3 Å². The van der Waals surface area contributed by atoms with E-state index in [0.29, 0.717) is 29.8 Å². The minimum atomic E-state index is -0.629. The van der Waals surface area contributed by atoms with Gasteiger partial charge < -0.3 is 4.74 Å². The molecule has 1 aromatic carbocycles. The van der Waals surface area contributed by atoms with Crippen molar-refractivity contribution in [1.29, 1.82) is 0 Å². The average molecular weight is 374 g/mol. The molecule has 2 aliphatic rings. The van der Waals surface area contributed by atoms with Crippen LogP contribution in [0.4, 0.5) is 0 Å². The summed E-state index contributed by atoms with van der Waals surface area (Å²) in [6, 6.07) is 15.6. The molecule has 0 saturated heterocycles. The van der Waals surface area contributed by atoms with E-state index in [9.17, 15) is 9.59 Å². The van der Waals surface area contributed by atoms with Crippen molar-refractivity contribution in [2.45, 2.75) is 31.6 Å². The number of pyridine rings is 1. The molecule has 0 spiro atoms. The molecule has 0 radical (unpaired) electrons. The maximum Gasteiger partial charge on any atom is 0.315 e. The van der Waals surface area contributed by atoms with E-state index in [2.05, 4.69) is 17.1 Å². The number of aromatic nitrogens is 1. The number of methoxy groups -OCH3 is 1. The summed E-state index contributed by atoms with van der Waals surface area (Å²) in [7, 11) is 1.36. The van der Waals surface area contributed by atoms with Gasteiger partial charge in [0.25, 0.3) is 0 Å². The zero-order chi connectivity index (χ0) is 19.7. The highest BCUT2D eigenvalue weighted by Crippen LogP contribution is 2.46. The number of hydrogen-bond donors (Lipinski definition) is 0. The van der Waals surface area contributed by atoms with Crippen molar-refractivity contribution in [3.8, 4) is 0 Å². The number of rotatable bonds is 3. The van der Waals surface area contributed by atoms with E-state index < -0.39 is 11.8 Å². The molecular formula is C23H22N2O3. The van der Waals surface area contributed by atoms with Crippen molar-refractivity contribution in [2.24, 2.45) is 10.9 Å². The number of nitrogens with zero attached hydrogens (tertiary/aromatic N) is 2. The molecular weight excluding hydrogens is 352 g/mol. The van der Waals surface area contributed by atoms with Gasteiger partial charge in [0.15, 0.2) is 5.78 Å². The van der Waals surface area contributed by atoms with Crippen LogP contribution < -0.4 is 0 Å². The summed E-state index contributed by atoms with van der Waals surface area (Å²) >= 11 is 0. The zero-order valence-electron chi connectivity index (χ0n) is 16.0. The van der Waals surface area contributed by atoms with Gasteiger partial charge in [0.05, 0.1) is 13.0 Å². The highest BCUT2D eigenvalue weighted by molar-refractivity contribution is 6.09. The Hall–Kier alpha value is -3.08. The van der Waals surface area contributed by atoms with E-state index in [4.69, 9.17) is 9.73 Å². The van der Waals surface area contributed by atoms with E-state index in [-0.39, 0.29) is 17.7 Å². The molecule has 0 bridgehead atoms. The lowest BCUT2D eigenvalue weighted by molar-refractivity contribution is -0.143. The lowest BCUT2D eigenvalue weighted by Crippen LogP contribution is -2.38. The lowest BCUT2D eigenvalue weighted by atomic mass is 9.70. The van der Waals surface area contributed by atoms with Crippen LogP contribution in [0.1, 0.15) is 42.9 Å². The number of carbonyl (C=O) groups is 2. The first kappa shape index (κ1) is 18.3. The summed E-state index contributed by atoms with van der Waals surface area (Å²) in [5.41, 5.74) is 3.90. The Bertz CT molecular complexity index is 964. The molecule has 0 N–H and O–H groups in total. The third-order valence-corrected chi connectivity index (χ3v) is 5.62. The fourth-order valence-corrected chi connectivity index (χ4v) is 4.33. The van der Waals surface area contributed by atoms with Gasteiger partial charge in [-0.15, -0.1) is 0 Å². The topological polar surface area (TPSA) is 68.6 Å². The third kappa shape index (κ3) is 3.17. The van der Waals surface area contributed by atoms with Crippen LogP contribution >= 0.6 is 0 Å². The molecule has 1 unspecified atom stereocenters. The summed E-state index contributed by atoms with van der Waals surface area (Å²) in [5.74, 6) is -1.33. The van der Waals surface area contributed by atoms with Crippen LogP contribution in [0, 0.1) is 5.92 Å². The summed E-state index contributed by atoms with van der Waals surface area (Å²) in [6.07, 6.45) is 2.78. The molecule has 4 rings (SSSR count). The Balaban J connectivity index is 1.81. The second-order valence-corrected chi connectivity index (χ2v) is 7.29. The van der Waals surface area contributed by atoms with Crippen LogP contribution in [0.5, 0.6) is 0 Å². The minimum Gasteiger partial charge on any atom is -0.468 e. The van der Waals surface area contributed by atoms with Crippen molar-refractivity contribution in [2.75, 3.05) is 7.11 Å². The van der Waals surface area contributed by atoms with Crippen molar-refractivity contribution < 1.29 is 14.3 Å². The standard InChI is InChI=1S/C23H22N2O3/c1-14-20(23(27)28-2)22(17-10-6-7-11-24-17)21-18(25-14)12-16(13-19(21)26)15-8-4-3-5-9-15/h3-11,16,20,22H,12-13H2,1-2H3/t16-,20?,22+/m1/s1. The number of hydrogen-bond acceptors (Lipinski definition) is 5. The van der Waals surface area contributed by atoms with E-state index in [1.807, 2.05) is 43.3 Å². The van der Waals surface area contributed by atoms with Crippen molar-refractivity contribution in [3.05, 3.63) is 77.3 Å². The fourth-order valence-electron chi connectivity index (χ4n) is 4.33. The molecule has 5 heteroatoms. The van der Waals surface area contributed by atoms with E-state index in [1.165, 1.54) is 7.11 Å². The van der Waals surface area contributed by atoms with E-state index in [0.717, 1.165) is 11.3 Å². The van der Waals surface area contributed by atoms with E-state index >= 15 is 0 Å². The Kier molecular flexibility index (Phi) is 4.90. The minimum absolute atomic E-state index is 0.0379. The summed E-state index contributed by atoms with van der Waals surface area (Å²) < 4.78 is 5.04. The van der Waals surface area contributed by atoms with Gasteiger partial charge >= 0.3 is 5.97 Å². The first-order chi connectivity index (χ1) is 13.6. The second kappa shape index (κ2) is 7.50. The van der Waals surface area contributed by atoms with Crippen LogP contribution in [0.25, 0.3) is 0 Å². The highest BCUT2D eigenvalue weighted by atomic mass is 16.5. The number of benzene rings is 1. The van der Waals surface area contributed by atoms with Crippen LogP contribution in [0.2, 0.25) is 0 Å². The molecule has 0 saturated carbocycles. The Labute approximate surface area is 164 Å². The highest BCUT2D eigenvalue weighted by Gasteiger charge is 2.45. The second-order valence-electron chi connectivity index (χ2n) is 7.29. The van der Waals surface area contributed by atoms with Crippen LogP contribution in [0.3, 0.4) is 0 Å². The molecule has 5 nitrogen and oxygen atoms in total. The summed E-state index contributed by atoms with van der Waals surface area (Å²) in [6.45, 7) is 1.83. The molecule has 0 fully saturated rings. The maximum atomic E-state index is 13.3. The molecule has 1 aliphatic carbocycles. The first-order valence-electron chi connectivity index (χ1n) is 9.45. The number of carbonyl (C=O) groups excluding carboxylic acids is 2. The smallest absolute Gasteiger partial charge is 0.315 e. The third-order valence-electron chi connectivity index (χ3n) is 5.62. The zero-order valence-corrected chi connectivity index (χ0v) is 16.0. The number of ketones is 1. The molecule has 1 aromatic heterocycles. The number of Topliss-reactive ketones (excluding diaryl/α,β-unsaturated/α-hetero) is 1. The number of ether oxygens (including phenoxy) is 1. The normalized spacial score (nSPS) is 24.4. The van der Waals surface area contributed by atoms with E-state index in [1.54, 1.807) is 6.20 Å². The van der Waals surface area contributed by atoms with Crippen LogP contribution in [-0.4, -0.2) is 29.6 Å². The van der Waals surface area contributed by atoms with Crippen molar-refractivity contribution >= 4 is 17.5 Å². The largest absolute Gasteiger partial charge is 0.468 e. The Morgan fingerprint density at radius 1 is 1.07 bits per heavy atom. The molecule has 3 atom stereocenters. The predicted molar refractivity (Wildman–Crippen MR) is 106 cm³/mol. The molecule has 142 valence electrons. The van der Waals surface area contributed by atoms with Gasteiger partial charge in [-0.25, -0.2) is 0 Å². The molecule has 2 heterocycles. The van der Waals surface area contributed by atoms with Gasteiger partial charge in [-0.1, -0.05) is 36.4 Å². The average Bonchev–Trinajstić information content (AvgIpc) is 2.73. The van der Waals surface area contributed by atoms with Gasteiger partial charge in [-0.2, -0.15) is 0 Å². The lowest BCUT2D eigenvalue weighted by Gasteiger charge is -2.35. The molecule has 1 aliphatic heterocycles. The summed E-state index contributed by atoms with van der Waals surface area (Å²) in [5, 5.41) is 0. The first-order valence-corrected chi connectivity index (χ1v) is 9.45. The number of esters is 1. The monoisotopic (exact) mass is 374 g/mol. The van der Waals surface area contributed by atoms with Gasteiger partial charge in [-0.05, 0) is 37.0 Å². The summed E-state index contributed by atoms with van der Waals surface area (Å²) in [4.78, 5) is 35.0. The quantitative estimate of drug-likeness (QED) is 0.766. The fraction of sp³-hybridized carbons (Fsp3) is 0.304. The molecule has 28 heavy (non-hydrogen) atoms. The maximum absolute atomic E-state index is 13.3. The van der Waals surface area contributed by atoms with Crippen molar-refractivity contribution in [3.63, 3.8) is 0 Å². The van der Waals surface area contributed by atoms with Crippen LogP contribution in [0.15, 0.2) is 71.0 Å².